The predicted octanol–water partition coefficient (Wildman–Crippen LogP) is 2.84. The number of aryl methyl sites for hydroxylation is 2. The predicted molar refractivity (Wildman–Crippen MR) is 79.9 cm³/mol. The molecule has 2 aromatic carbocycles. The van der Waals surface area contributed by atoms with Crippen molar-refractivity contribution in [3.05, 3.63) is 63.6 Å². The van der Waals surface area contributed by atoms with E-state index in [0.717, 1.165) is 16.6 Å². The Morgan fingerprint density at radius 1 is 1.15 bits per heavy atom. The Morgan fingerprint density at radius 3 is 2.70 bits per heavy atom. The van der Waals surface area contributed by atoms with Gasteiger partial charge in [-0.2, -0.15) is 0 Å². The van der Waals surface area contributed by atoms with Gasteiger partial charge in [-0.15, -0.1) is 0 Å². The lowest BCUT2D eigenvalue weighted by atomic mass is 10.1. The van der Waals surface area contributed by atoms with Crippen molar-refractivity contribution in [2.75, 3.05) is 5.73 Å². The molecule has 0 atom stereocenters. The van der Waals surface area contributed by atoms with E-state index in [1.807, 2.05) is 19.1 Å². The summed E-state index contributed by atoms with van der Waals surface area (Å²) in [6, 6.07) is 11.4. The van der Waals surface area contributed by atoms with Crippen LogP contribution in [0.3, 0.4) is 0 Å². The first-order chi connectivity index (χ1) is 9.54. The number of fused-ring (bicyclic) bond motifs is 1. The van der Waals surface area contributed by atoms with E-state index in [2.05, 4.69) is 13.0 Å². The fourth-order valence-corrected chi connectivity index (χ4v) is 2.42. The lowest BCUT2D eigenvalue weighted by Crippen LogP contribution is -2.15. The molecule has 3 aromatic rings. The molecule has 20 heavy (non-hydrogen) atoms. The van der Waals surface area contributed by atoms with Crippen LogP contribution in [0.2, 0.25) is 0 Å². The van der Waals surface area contributed by atoms with E-state index in [4.69, 9.17) is 10.2 Å². The highest BCUT2D eigenvalue weighted by Gasteiger charge is 2.11. The number of nitrogens with zero attached hydrogens (tertiary/aromatic N) is 1. The minimum absolute atomic E-state index is 0.356. The smallest absolute Gasteiger partial charge is 0.408 e. The molecule has 2 N–H and O–H groups in total. The van der Waals surface area contributed by atoms with Gasteiger partial charge < -0.3 is 10.2 Å². The molecule has 3 rings (SSSR count). The molecular weight excluding hydrogens is 252 g/mol. The SMILES string of the molecule is Cc1ccc(Cn2c(=O)oc3ccc(N)cc32)c(C)c1. The highest BCUT2D eigenvalue weighted by atomic mass is 16.4. The zero-order valence-corrected chi connectivity index (χ0v) is 11.5. The summed E-state index contributed by atoms with van der Waals surface area (Å²) in [6.45, 7) is 4.59. The molecule has 0 amide bonds. The largest absolute Gasteiger partial charge is 0.420 e. The number of benzene rings is 2. The topological polar surface area (TPSA) is 61.2 Å². The summed E-state index contributed by atoms with van der Waals surface area (Å²) in [7, 11) is 0. The minimum atomic E-state index is -0.356. The first kappa shape index (κ1) is 12.5. The molecule has 0 saturated carbocycles. The maximum absolute atomic E-state index is 12.0. The number of anilines is 1. The van der Waals surface area contributed by atoms with E-state index in [1.165, 1.54) is 5.56 Å². The molecule has 4 heteroatoms. The number of nitrogen functional groups attached to an aromatic ring is 1. The van der Waals surface area contributed by atoms with E-state index in [-0.39, 0.29) is 5.76 Å². The number of oxazole rings is 1. The lowest BCUT2D eigenvalue weighted by molar-refractivity contribution is 0.517. The standard InChI is InChI=1S/C16H16N2O2/c1-10-3-4-12(11(2)7-10)9-18-14-8-13(17)5-6-15(14)20-16(18)19/h3-8H,9,17H2,1-2H3. The summed E-state index contributed by atoms with van der Waals surface area (Å²) in [4.78, 5) is 12.0. The number of rotatable bonds is 2. The molecule has 102 valence electrons. The quantitative estimate of drug-likeness (QED) is 0.727. The molecule has 0 aliphatic rings. The van der Waals surface area contributed by atoms with Gasteiger partial charge in [0.2, 0.25) is 0 Å². The second-order valence-electron chi connectivity index (χ2n) is 5.11. The van der Waals surface area contributed by atoms with Gasteiger partial charge in [-0.1, -0.05) is 23.8 Å². The van der Waals surface area contributed by atoms with Gasteiger partial charge >= 0.3 is 5.76 Å². The average molecular weight is 268 g/mol. The van der Waals surface area contributed by atoms with Gasteiger partial charge in [-0.3, -0.25) is 4.57 Å². The molecule has 0 unspecified atom stereocenters. The average Bonchev–Trinajstić information content (AvgIpc) is 2.69. The van der Waals surface area contributed by atoms with Crippen molar-refractivity contribution in [2.24, 2.45) is 0 Å². The third-order valence-corrected chi connectivity index (χ3v) is 3.52. The Morgan fingerprint density at radius 2 is 1.95 bits per heavy atom. The first-order valence-corrected chi connectivity index (χ1v) is 6.49. The van der Waals surface area contributed by atoms with Crippen molar-refractivity contribution < 1.29 is 4.42 Å². The van der Waals surface area contributed by atoms with Gasteiger partial charge in [-0.05, 0) is 43.2 Å². The number of aromatic nitrogens is 1. The third-order valence-electron chi connectivity index (χ3n) is 3.52. The van der Waals surface area contributed by atoms with Crippen LogP contribution in [-0.4, -0.2) is 4.57 Å². The van der Waals surface area contributed by atoms with Crippen molar-refractivity contribution in [1.82, 2.24) is 4.57 Å². The van der Waals surface area contributed by atoms with Crippen LogP contribution in [0.5, 0.6) is 0 Å². The van der Waals surface area contributed by atoms with E-state index in [1.54, 1.807) is 22.8 Å². The van der Waals surface area contributed by atoms with Crippen LogP contribution in [0, 0.1) is 13.8 Å². The summed E-state index contributed by atoms with van der Waals surface area (Å²) in [5.41, 5.74) is 11.2. The van der Waals surface area contributed by atoms with Crippen LogP contribution in [0.4, 0.5) is 5.69 Å². The van der Waals surface area contributed by atoms with Crippen LogP contribution < -0.4 is 11.5 Å². The van der Waals surface area contributed by atoms with Gasteiger partial charge in [0.15, 0.2) is 5.58 Å². The van der Waals surface area contributed by atoms with E-state index < -0.39 is 0 Å². The lowest BCUT2D eigenvalue weighted by Gasteiger charge is -2.07. The molecule has 0 aliphatic heterocycles. The van der Waals surface area contributed by atoms with E-state index in [0.29, 0.717) is 17.8 Å². The van der Waals surface area contributed by atoms with Gasteiger partial charge in [0, 0.05) is 5.69 Å². The summed E-state index contributed by atoms with van der Waals surface area (Å²) in [5.74, 6) is -0.356. The molecular formula is C16H16N2O2. The molecule has 0 bridgehead atoms. The maximum atomic E-state index is 12.0. The normalized spacial score (nSPS) is 11.1. The van der Waals surface area contributed by atoms with Gasteiger partial charge in [-0.25, -0.2) is 4.79 Å². The van der Waals surface area contributed by atoms with Crippen LogP contribution in [0.15, 0.2) is 45.6 Å². The maximum Gasteiger partial charge on any atom is 0.420 e. The highest BCUT2D eigenvalue weighted by Crippen LogP contribution is 2.19. The molecule has 0 radical (unpaired) electrons. The number of nitrogens with two attached hydrogens (primary N) is 1. The summed E-state index contributed by atoms with van der Waals surface area (Å²) < 4.78 is 6.86. The molecule has 0 aliphatic carbocycles. The third kappa shape index (κ3) is 2.09. The number of hydrogen-bond donors (Lipinski definition) is 1. The second-order valence-corrected chi connectivity index (χ2v) is 5.11. The fourth-order valence-electron chi connectivity index (χ4n) is 2.42. The molecule has 0 fully saturated rings. The molecule has 0 saturated heterocycles. The molecule has 1 aromatic heterocycles. The summed E-state index contributed by atoms with van der Waals surface area (Å²) in [6.07, 6.45) is 0. The Balaban J connectivity index is 2.12. The van der Waals surface area contributed by atoms with Gasteiger partial charge in [0.25, 0.3) is 0 Å². The Hall–Kier alpha value is -2.49. The number of hydrogen-bond acceptors (Lipinski definition) is 3. The second kappa shape index (κ2) is 4.56. The Bertz CT molecular complexity index is 843. The van der Waals surface area contributed by atoms with Gasteiger partial charge in [0.05, 0.1) is 12.1 Å². The Labute approximate surface area is 116 Å². The van der Waals surface area contributed by atoms with E-state index >= 15 is 0 Å². The fraction of sp³-hybridized carbons (Fsp3) is 0.188. The van der Waals surface area contributed by atoms with Crippen molar-refractivity contribution in [2.45, 2.75) is 20.4 Å². The van der Waals surface area contributed by atoms with Crippen LogP contribution >= 0.6 is 0 Å². The summed E-state index contributed by atoms with van der Waals surface area (Å²) in [5, 5.41) is 0. The van der Waals surface area contributed by atoms with Gasteiger partial charge in [0.1, 0.15) is 0 Å². The molecule has 1 heterocycles. The highest BCUT2D eigenvalue weighted by molar-refractivity contribution is 5.77. The minimum Gasteiger partial charge on any atom is -0.408 e. The first-order valence-electron chi connectivity index (χ1n) is 6.49. The van der Waals surface area contributed by atoms with Crippen molar-refractivity contribution in [3.63, 3.8) is 0 Å². The molecule has 0 spiro atoms. The van der Waals surface area contributed by atoms with Crippen LogP contribution in [0.25, 0.3) is 11.1 Å². The van der Waals surface area contributed by atoms with E-state index in [9.17, 15) is 4.79 Å². The molecule has 4 nitrogen and oxygen atoms in total. The van der Waals surface area contributed by atoms with Crippen molar-refractivity contribution >= 4 is 16.8 Å². The Kier molecular flexibility index (Phi) is 2.86. The van der Waals surface area contributed by atoms with Crippen molar-refractivity contribution in [3.8, 4) is 0 Å². The van der Waals surface area contributed by atoms with Crippen LogP contribution in [0.1, 0.15) is 16.7 Å². The van der Waals surface area contributed by atoms with Crippen molar-refractivity contribution in [1.29, 1.82) is 0 Å². The monoisotopic (exact) mass is 268 g/mol. The summed E-state index contributed by atoms with van der Waals surface area (Å²) >= 11 is 0. The zero-order chi connectivity index (χ0) is 14.3. The van der Waals surface area contributed by atoms with Crippen LogP contribution in [-0.2, 0) is 6.54 Å². The zero-order valence-electron chi connectivity index (χ0n) is 11.5.